The van der Waals surface area contributed by atoms with Gasteiger partial charge in [0.05, 0.1) is 0 Å². The first kappa shape index (κ1) is 19.7. The summed E-state index contributed by atoms with van der Waals surface area (Å²) >= 11 is 0. The molecule has 2 fully saturated rings. The third kappa shape index (κ3) is 3.58. The predicted molar refractivity (Wildman–Crippen MR) is 119 cm³/mol. The van der Waals surface area contributed by atoms with E-state index in [2.05, 4.69) is 5.32 Å². The third-order valence-electron chi connectivity index (χ3n) is 7.00. The fourth-order valence-electron chi connectivity index (χ4n) is 5.28. The normalized spacial score (nSPS) is 22.8. The molecule has 1 aliphatic carbocycles. The summed E-state index contributed by atoms with van der Waals surface area (Å²) in [6.45, 7) is 0.720. The summed E-state index contributed by atoms with van der Waals surface area (Å²) in [4.78, 5) is 27.1. The highest BCUT2D eigenvalue weighted by atomic mass is 19.1. The first-order valence-electron chi connectivity index (χ1n) is 10.8. The van der Waals surface area contributed by atoms with E-state index >= 15 is 0 Å². The maximum atomic E-state index is 13.5. The molecule has 0 radical (unpaired) electrons. The second-order valence-electron chi connectivity index (χ2n) is 8.78. The molecule has 2 aliphatic rings. The number of piperidine rings is 1. The number of fused-ring (bicyclic) bond motifs is 2. The second-order valence-corrected chi connectivity index (χ2v) is 8.78. The fourth-order valence-corrected chi connectivity index (χ4v) is 5.28. The highest BCUT2D eigenvalue weighted by molar-refractivity contribution is 6.10. The van der Waals surface area contributed by atoms with Gasteiger partial charge in [-0.3, -0.25) is 9.59 Å². The van der Waals surface area contributed by atoms with Crippen LogP contribution in [0.4, 0.5) is 4.39 Å². The van der Waals surface area contributed by atoms with Gasteiger partial charge in [0.15, 0.2) is 0 Å². The van der Waals surface area contributed by atoms with E-state index in [1.165, 1.54) is 12.1 Å². The van der Waals surface area contributed by atoms with Gasteiger partial charge in [-0.1, -0.05) is 42.5 Å². The highest BCUT2D eigenvalue weighted by Gasteiger charge is 2.40. The van der Waals surface area contributed by atoms with Crippen molar-refractivity contribution in [1.82, 2.24) is 10.2 Å². The molecule has 5 rings (SSSR count). The zero-order valence-electron chi connectivity index (χ0n) is 17.5. The van der Waals surface area contributed by atoms with E-state index in [0.717, 1.165) is 41.3 Å². The van der Waals surface area contributed by atoms with Crippen LogP contribution in [0.5, 0.6) is 0 Å². The lowest BCUT2D eigenvalue weighted by Crippen LogP contribution is -2.38. The first-order valence-corrected chi connectivity index (χ1v) is 10.8. The molecule has 0 aromatic heterocycles. The van der Waals surface area contributed by atoms with Crippen LogP contribution in [0.3, 0.4) is 0 Å². The highest BCUT2D eigenvalue weighted by Crippen LogP contribution is 2.39. The number of benzene rings is 3. The van der Waals surface area contributed by atoms with Crippen LogP contribution in [0.25, 0.3) is 21.9 Å². The number of hydrogen-bond donors (Lipinski definition) is 1. The number of nitrogens with zero attached hydrogens (tertiary/aromatic N) is 1. The Bertz CT molecular complexity index is 1160. The van der Waals surface area contributed by atoms with E-state index in [1.807, 2.05) is 48.3 Å². The van der Waals surface area contributed by atoms with E-state index in [1.54, 1.807) is 12.1 Å². The minimum Gasteiger partial charge on any atom is -0.356 e. The molecule has 1 saturated heterocycles. The van der Waals surface area contributed by atoms with Crippen LogP contribution in [0, 0.1) is 17.7 Å². The predicted octanol–water partition coefficient (Wildman–Crippen LogP) is 4.63. The zero-order chi connectivity index (χ0) is 21.5. The van der Waals surface area contributed by atoms with Gasteiger partial charge in [-0.05, 0) is 64.8 Å². The first-order chi connectivity index (χ1) is 15.0. The monoisotopic (exact) mass is 416 g/mol. The molecule has 31 heavy (non-hydrogen) atoms. The Hall–Kier alpha value is -3.21. The van der Waals surface area contributed by atoms with Crippen molar-refractivity contribution in [2.75, 3.05) is 13.6 Å². The number of nitrogens with one attached hydrogen (secondary N) is 1. The number of carbonyl (C=O) groups is 2. The topological polar surface area (TPSA) is 49.4 Å². The van der Waals surface area contributed by atoms with Crippen molar-refractivity contribution in [3.8, 4) is 11.1 Å². The average molecular weight is 416 g/mol. The number of hydrogen-bond acceptors (Lipinski definition) is 2. The lowest BCUT2D eigenvalue weighted by Gasteiger charge is -2.25. The molecule has 2 amide bonds. The Kier molecular flexibility index (Phi) is 4.97. The van der Waals surface area contributed by atoms with Crippen LogP contribution in [0.1, 0.15) is 29.6 Å². The van der Waals surface area contributed by atoms with Crippen molar-refractivity contribution in [3.05, 3.63) is 72.0 Å². The molecule has 0 spiro atoms. The summed E-state index contributed by atoms with van der Waals surface area (Å²) < 4.78 is 13.4. The summed E-state index contributed by atoms with van der Waals surface area (Å²) in [6, 6.07) is 18.3. The molecule has 1 saturated carbocycles. The van der Waals surface area contributed by atoms with Gasteiger partial charge in [0, 0.05) is 31.6 Å². The Morgan fingerprint density at radius 3 is 2.48 bits per heavy atom. The van der Waals surface area contributed by atoms with Crippen LogP contribution in [0.2, 0.25) is 0 Å². The maximum absolute atomic E-state index is 13.5. The maximum Gasteiger partial charge on any atom is 0.254 e. The average Bonchev–Trinajstić information content (AvgIpc) is 3.21. The Labute approximate surface area is 181 Å². The summed E-state index contributed by atoms with van der Waals surface area (Å²) in [5.41, 5.74) is 2.57. The summed E-state index contributed by atoms with van der Waals surface area (Å²) in [5, 5.41) is 4.83. The quantitative estimate of drug-likeness (QED) is 0.677. The molecule has 3 aromatic rings. The van der Waals surface area contributed by atoms with Gasteiger partial charge >= 0.3 is 0 Å². The summed E-state index contributed by atoms with van der Waals surface area (Å²) in [6.07, 6.45) is 2.38. The third-order valence-corrected chi connectivity index (χ3v) is 7.00. The summed E-state index contributed by atoms with van der Waals surface area (Å²) in [5.74, 6) is 0.681. The lowest BCUT2D eigenvalue weighted by atomic mass is 9.89. The molecule has 158 valence electrons. The zero-order valence-corrected chi connectivity index (χ0v) is 17.5. The van der Waals surface area contributed by atoms with Crippen molar-refractivity contribution in [2.45, 2.75) is 25.3 Å². The summed E-state index contributed by atoms with van der Waals surface area (Å²) in [7, 11) is 1.88. The SMILES string of the molecule is CN(C(=O)c1cccc2c(-c3ccc(F)cc3)cccc12)[C@H]1C[C@H]2CC(=O)NC[C@H]2C1. The number of carbonyl (C=O) groups excluding carboxylic acids is 2. The molecule has 3 aromatic carbocycles. The smallest absolute Gasteiger partial charge is 0.254 e. The van der Waals surface area contributed by atoms with Crippen LogP contribution < -0.4 is 5.32 Å². The molecule has 1 N–H and O–H groups in total. The second kappa shape index (κ2) is 7.80. The molecule has 0 bridgehead atoms. The van der Waals surface area contributed by atoms with Crippen molar-refractivity contribution < 1.29 is 14.0 Å². The van der Waals surface area contributed by atoms with Crippen LogP contribution in [-0.2, 0) is 4.79 Å². The molecular weight excluding hydrogens is 391 g/mol. The van der Waals surface area contributed by atoms with Gasteiger partial charge in [-0.15, -0.1) is 0 Å². The van der Waals surface area contributed by atoms with Crippen LogP contribution in [-0.4, -0.2) is 36.3 Å². The molecular formula is C26H25FN2O2. The molecule has 1 heterocycles. The van der Waals surface area contributed by atoms with Crippen molar-refractivity contribution in [2.24, 2.45) is 11.8 Å². The van der Waals surface area contributed by atoms with E-state index in [0.29, 0.717) is 23.8 Å². The molecule has 3 atom stereocenters. The lowest BCUT2D eigenvalue weighted by molar-refractivity contribution is -0.124. The van der Waals surface area contributed by atoms with Crippen LogP contribution >= 0.6 is 0 Å². The van der Waals surface area contributed by atoms with Crippen molar-refractivity contribution >= 4 is 22.6 Å². The minimum atomic E-state index is -0.268. The van der Waals surface area contributed by atoms with Gasteiger partial charge < -0.3 is 10.2 Å². The van der Waals surface area contributed by atoms with Gasteiger partial charge in [0.2, 0.25) is 5.91 Å². The van der Waals surface area contributed by atoms with E-state index in [-0.39, 0.29) is 23.7 Å². The minimum absolute atomic E-state index is 0.00443. The standard InChI is InChI=1S/C26H25FN2O2/c1-29(20-12-17-14-25(30)28-15-18(17)13-20)26(31)24-7-3-5-22-21(4-2-6-23(22)24)16-8-10-19(27)11-9-16/h2-11,17-18,20H,12-15H2,1H3,(H,28,30)/t17-,18+,20-/m0/s1. The van der Waals surface area contributed by atoms with E-state index in [9.17, 15) is 14.0 Å². The molecule has 4 nitrogen and oxygen atoms in total. The van der Waals surface area contributed by atoms with Gasteiger partial charge in [0.1, 0.15) is 5.82 Å². The van der Waals surface area contributed by atoms with Gasteiger partial charge in [0.25, 0.3) is 5.91 Å². The largest absolute Gasteiger partial charge is 0.356 e. The van der Waals surface area contributed by atoms with Crippen molar-refractivity contribution in [3.63, 3.8) is 0 Å². The molecule has 0 unspecified atom stereocenters. The molecule has 5 heteroatoms. The van der Waals surface area contributed by atoms with E-state index in [4.69, 9.17) is 0 Å². The fraction of sp³-hybridized carbons (Fsp3) is 0.308. The Morgan fingerprint density at radius 2 is 1.68 bits per heavy atom. The Balaban J connectivity index is 1.46. The number of halogens is 1. The van der Waals surface area contributed by atoms with Crippen LogP contribution in [0.15, 0.2) is 60.7 Å². The molecule has 1 aliphatic heterocycles. The van der Waals surface area contributed by atoms with E-state index < -0.39 is 0 Å². The number of rotatable bonds is 3. The van der Waals surface area contributed by atoms with Crippen molar-refractivity contribution in [1.29, 1.82) is 0 Å². The van der Waals surface area contributed by atoms with Gasteiger partial charge in [-0.2, -0.15) is 0 Å². The number of amides is 2. The van der Waals surface area contributed by atoms with Gasteiger partial charge in [-0.25, -0.2) is 4.39 Å². The Morgan fingerprint density at radius 1 is 0.968 bits per heavy atom.